The lowest BCUT2D eigenvalue weighted by Gasteiger charge is -2.30. The van der Waals surface area contributed by atoms with E-state index >= 15 is 0 Å². The number of piperidine rings is 1. The summed E-state index contributed by atoms with van der Waals surface area (Å²) in [7, 11) is 2.11. The van der Waals surface area contributed by atoms with E-state index in [0.29, 0.717) is 5.75 Å². The maximum atomic E-state index is 12.1. The van der Waals surface area contributed by atoms with Gasteiger partial charge < -0.3 is 15.0 Å². The molecule has 1 unspecified atom stereocenters. The van der Waals surface area contributed by atoms with Gasteiger partial charge in [0.1, 0.15) is 5.75 Å². The maximum absolute atomic E-state index is 12.1. The smallest absolute Gasteiger partial charge is 0.260 e. The van der Waals surface area contributed by atoms with Crippen LogP contribution in [0.5, 0.6) is 5.75 Å². The molecule has 0 saturated carbocycles. The van der Waals surface area contributed by atoms with E-state index < -0.39 is 6.10 Å². The van der Waals surface area contributed by atoms with Crippen molar-refractivity contribution in [2.45, 2.75) is 31.9 Å². The molecule has 1 N–H and O–H groups in total. The number of nitrogens with zero attached hydrogens (tertiary/aromatic N) is 1. The zero-order valence-corrected chi connectivity index (χ0v) is 13.5. The number of ether oxygens (including phenoxy) is 1. The molecule has 110 valence electrons. The lowest BCUT2D eigenvalue weighted by atomic mass is 10.1. The van der Waals surface area contributed by atoms with E-state index in [4.69, 9.17) is 4.74 Å². The fraction of sp³-hybridized carbons (Fsp3) is 0.533. The van der Waals surface area contributed by atoms with Crippen molar-refractivity contribution in [3.8, 4) is 5.75 Å². The second-order valence-corrected chi connectivity index (χ2v) is 6.22. The molecule has 4 nitrogen and oxygen atoms in total. The van der Waals surface area contributed by atoms with E-state index in [1.165, 1.54) is 0 Å². The van der Waals surface area contributed by atoms with Crippen molar-refractivity contribution in [2.75, 3.05) is 20.1 Å². The fourth-order valence-electron chi connectivity index (χ4n) is 2.27. The van der Waals surface area contributed by atoms with Crippen LogP contribution in [-0.2, 0) is 4.79 Å². The minimum atomic E-state index is -0.482. The average Bonchev–Trinajstić information content (AvgIpc) is 2.41. The van der Waals surface area contributed by atoms with Crippen LogP contribution in [0.4, 0.5) is 0 Å². The minimum absolute atomic E-state index is 0.0421. The number of carbonyl (C=O) groups is 1. The molecule has 1 fully saturated rings. The summed E-state index contributed by atoms with van der Waals surface area (Å²) in [6.07, 6.45) is 1.53. The third-order valence-electron chi connectivity index (χ3n) is 3.54. The van der Waals surface area contributed by atoms with Crippen molar-refractivity contribution in [1.82, 2.24) is 10.2 Å². The Morgan fingerprint density at radius 1 is 1.45 bits per heavy atom. The van der Waals surface area contributed by atoms with Gasteiger partial charge in [-0.05, 0) is 58.1 Å². The Bertz CT molecular complexity index is 459. The Hall–Kier alpha value is -1.07. The van der Waals surface area contributed by atoms with Gasteiger partial charge in [0.05, 0.1) is 0 Å². The fourth-order valence-corrected chi connectivity index (χ4v) is 2.65. The maximum Gasteiger partial charge on any atom is 0.260 e. The predicted molar refractivity (Wildman–Crippen MR) is 82.9 cm³/mol. The quantitative estimate of drug-likeness (QED) is 0.915. The number of halogens is 1. The molecule has 1 aromatic rings. The van der Waals surface area contributed by atoms with Crippen LogP contribution >= 0.6 is 15.9 Å². The summed E-state index contributed by atoms with van der Waals surface area (Å²) in [5.74, 6) is 0.657. The Balaban J connectivity index is 1.83. The van der Waals surface area contributed by atoms with E-state index in [-0.39, 0.29) is 11.9 Å². The topological polar surface area (TPSA) is 41.6 Å². The number of amides is 1. The summed E-state index contributed by atoms with van der Waals surface area (Å²) in [4.78, 5) is 14.4. The monoisotopic (exact) mass is 340 g/mol. The highest BCUT2D eigenvalue weighted by Crippen LogP contribution is 2.19. The van der Waals surface area contributed by atoms with E-state index in [1.54, 1.807) is 6.92 Å². The number of hydrogen-bond donors (Lipinski definition) is 1. The third-order valence-corrected chi connectivity index (χ3v) is 4.04. The van der Waals surface area contributed by atoms with E-state index in [0.717, 1.165) is 30.4 Å². The van der Waals surface area contributed by atoms with E-state index in [1.807, 2.05) is 24.3 Å². The van der Waals surface area contributed by atoms with Gasteiger partial charge in [0.25, 0.3) is 5.91 Å². The van der Waals surface area contributed by atoms with Crippen molar-refractivity contribution in [3.63, 3.8) is 0 Å². The Morgan fingerprint density at radius 2 is 2.15 bits per heavy atom. The first-order valence-corrected chi connectivity index (χ1v) is 7.75. The number of likely N-dealkylation sites (tertiary alicyclic amines) is 1. The Labute approximate surface area is 128 Å². The van der Waals surface area contributed by atoms with E-state index in [9.17, 15) is 4.79 Å². The largest absolute Gasteiger partial charge is 0.481 e. The summed E-state index contributed by atoms with van der Waals surface area (Å²) in [5.41, 5.74) is 0. The van der Waals surface area contributed by atoms with Crippen LogP contribution in [0.3, 0.4) is 0 Å². The van der Waals surface area contributed by atoms with Gasteiger partial charge in [0, 0.05) is 10.5 Å². The first kappa shape index (κ1) is 15.3. The second-order valence-electron chi connectivity index (χ2n) is 5.30. The van der Waals surface area contributed by atoms with Gasteiger partial charge in [-0.3, -0.25) is 4.79 Å². The summed E-state index contributed by atoms with van der Waals surface area (Å²) in [5, 5.41) is 3.07. The number of rotatable bonds is 4. The van der Waals surface area contributed by atoms with Crippen molar-refractivity contribution >= 4 is 21.8 Å². The van der Waals surface area contributed by atoms with Crippen LogP contribution in [0.1, 0.15) is 19.8 Å². The average molecular weight is 341 g/mol. The zero-order chi connectivity index (χ0) is 14.5. The van der Waals surface area contributed by atoms with Crippen LogP contribution < -0.4 is 10.1 Å². The van der Waals surface area contributed by atoms with Gasteiger partial charge in [-0.15, -0.1) is 0 Å². The number of carbonyl (C=O) groups excluding carboxylic acids is 1. The van der Waals surface area contributed by atoms with Gasteiger partial charge in [-0.2, -0.15) is 0 Å². The van der Waals surface area contributed by atoms with Crippen LogP contribution in [0.25, 0.3) is 0 Å². The molecule has 20 heavy (non-hydrogen) atoms. The molecule has 1 heterocycles. The van der Waals surface area contributed by atoms with Crippen molar-refractivity contribution in [3.05, 3.63) is 28.7 Å². The molecule has 0 aromatic heterocycles. The number of nitrogens with one attached hydrogen (secondary N) is 1. The number of benzene rings is 1. The molecule has 0 bridgehead atoms. The highest BCUT2D eigenvalue weighted by atomic mass is 79.9. The van der Waals surface area contributed by atoms with Gasteiger partial charge >= 0.3 is 0 Å². The molecular weight excluding hydrogens is 320 g/mol. The molecule has 1 aliphatic heterocycles. The zero-order valence-electron chi connectivity index (χ0n) is 11.9. The summed E-state index contributed by atoms with van der Waals surface area (Å²) in [6.45, 7) is 3.85. The molecule has 0 aliphatic carbocycles. The molecule has 2 rings (SSSR count). The molecule has 0 spiro atoms. The standard InChI is InChI=1S/C15H21BrN2O2/c1-11(20-14-5-3-4-12(16)10-14)15(19)17-13-6-8-18(2)9-7-13/h3-5,10-11,13H,6-9H2,1-2H3,(H,17,19). The van der Waals surface area contributed by atoms with Crippen LogP contribution in [0, 0.1) is 0 Å². The second kappa shape index (κ2) is 7.09. The summed E-state index contributed by atoms with van der Waals surface area (Å²) in [6, 6.07) is 7.80. The SMILES string of the molecule is CC(Oc1cccc(Br)c1)C(=O)NC1CCN(C)CC1. The summed E-state index contributed by atoms with van der Waals surface area (Å²) < 4.78 is 6.61. The molecule has 1 aromatic carbocycles. The van der Waals surface area contributed by atoms with Gasteiger partial charge in [-0.1, -0.05) is 22.0 Å². The van der Waals surface area contributed by atoms with Crippen LogP contribution in [0.2, 0.25) is 0 Å². The lowest BCUT2D eigenvalue weighted by molar-refractivity contribution is -0.128. The van der Waals surface area contributed by atoms with E-state index in [2.05, 4.69) is 33.2 Å². The Kier molecular flexibility index (Phi) is 5.43. The van der Waals surface area contributed by atoms with Crippen molar-refractivity contribution in [1.29, 1.82) is 0 Å². The highest BCUT2D eigenvalue weighted by Gasteiger charge is 2.22. The summed E-state index contributed by atoms with van der Waals surface area (Å²) >= 11 is 3.39. The first-order chi connectivity index (χ1) is 9.54. The van der Waals surface area contributed by atoms with Crippen LogP contribution in [0.15, 0.2) is 28.7 Å². The molecule has 0 radical (unpaired) electrons. The van der Waals surface area contributed by atoms with Crippen molar-refractivity contribution in [2.24, 2.45) is 0 Å². The number of hydrogen-bond acceptors (Lipinski definition) is 3. The first-order valence-electron chi connectivity index (χ1n) is 6.96. The molecule has 1 aliphatic rings. The Morgan fingerprint density at radius 3 is 2.80 bits per heavy atom. The molecule has 1 atom stereocenters. The van der Waals surface area contributed by atoms with Crippen molar-refractivity contribution < 1.29 is 9.53 Å². The van der Waals surface area contributed by atoms with Gasteiger partial charge in [0.2, 0.25) is 0 Å². The highest BCUT2D eigenvalue weighted by molar-refractivity contribution is 9.10. The van der Waals surface area contributed by atoms with Crippen LogP contribution in [-0.4, -0.2) is 43.1 Å². The lowest BCUT2D eigenvalue weighted by Crippen LogP contribution is -2.47. The molecule has 1 amide bonds. The minimum Gasteiger partial charge on any atom is -0.481 e. The van der Waals surface area contributed by atoms with Gasteiger partial charge in [0.15, 0.2) is 6.10 Å². The molecule has 5 heteroatoms. The van der Waals surface area contributed by atoms with Gasteiger partial charge in [-0.25, -0.2) is 0 Å². The normalized spacial score (nSPS) is 18.6. The molecule has 1 saturated heterocycles. The predicted octanol–water partition coefficient (Wildman–Crippen LogP) is 2.43. The third kappa shape index (κ3) is 4.49. The molecular formula is C15H21BrN2O2.